The Labute approximate surface area is 128 Å². The highest BCUT2D eigenvalue weighted by molar-refractivity contribution is 6.23. The van der Waals surface area contributed by atoms with Crippen LogP contribution in [0.4, 0.5) is 5.69 Å². The standard InChI is InChI=1S/C17H17NO4/c1-10-4-3-5-11(8-10)18-14(20)12-13(15(18)21)17(9-19)7-6-16(12,2)22-17/h3-8,12-13,19H,9H2,1-2H3/t12-,13+,16-,17-/m0/s1. The summed E-state index contributed by atoms with van der Waals surface area (Å²) in [6.45, 7) is 3.41. The minimum Gasteiger partial charge on any atom is -0.393 e. The second-order valence-corrected chi connectivity index (χ2v) is 6.54. The summed E-state index contributed by atoms with van der Waals surface area (Å²) in [5.74, 6) is -1.76. The van der Waals surface area contributed by atoms with Gasteiger partial charge in [0, 0.05) is 0 Å². The van der Waals surface area contributed by atoms with Gasteiger partial charge in [0.15, 0.2) is 0 Å². The number of amides is 2. The highest BCUT2D eigenvalue weighted by atomic mass is 16.5. The van der Waals surface area contributed by atoms with Crippen LogP contribution in [-0.2, 0) is 14.3 Å². The lowest BCUT2D eigenvalue weighted by Gasteiger charge is -2.27. The highest BCUT2D eigenvalue weighted by Gasteiger charge is 2.72. The van der Waals surface area contributed by atoms with Crippen LogP contribution in [0.3, 0.4) is 0 Å². The first-order chi connectivity index (χ1) is 10.4. The molecule has 22 heavy (non-hydrogen) atoms. The highest BCUT2D eigenvalue weighted by Crippen LogP contribution is 2.57. The molecule has 1 aromatic rings. The maximum absolute atomic E-state index is 12.9. The van der Waals surface area contributed by atoms with Crippen molar-refractivity contribution in [3.63, 3.8) is 0 Å². The van der Waals surface area contributed by atoms with E-state index in [1.807, 2.05) is 25.1 Å². The summed E-state index contributed by atoms with van der Waals surface area (Å²) in [4.78, 5) is 27.0. The minimum absolute atomic E-state index is 0.247. The van der Waals surface area contributed by atoms with Gasteiger partial charge in [0.25, 0.3) is 0 Å². The second-order valence-electron chi connectivity index (χ2n) is 6.54. The van der Waals surface area contributed by atoms with E-state index in [0.717, 1.165) is 5.56 Å². The Kier molecular flexibility index (Phi) is 2.52. The third-order valence-electron chi connectivity index (χ3n) is 5.06. The van der Waals surface area contributed by atoms with Gasteiger partial charge in [-0.15, -0.1) is 0 Å². The summed E-state index contributed by atoms with van der Waals surface area (Å²) < 4.78 is 5.88. The molecule has 0 unspecified atom stereocenters. The number of aliphatic hydroxyl groups excluding tert-OH is 1. The van der Waals surface area contributed by atoms with Gasteiger partial charge in [-0.3, -0.25) is 9.59 Å². The molecule has 4 atom stereocenters. The van der Waals surface area contributed by atoms with Crippen LogP contribution in [0.1, 0.15) is 12.5 Å². The first-order valence-electron chi connectivity index (χ1n) is 7.38. The molecule has 2 fully saturated rings. The quantitative estimate of drug-likeness (QED) is 0.658. The number of rotatable bonds is 2. The van der Waals surface area contributed by atoms with Gasteiger partial charge in [-0.25, -0.2) is 4.90 Å². The lowest BCUT2D eigenvalue weighted by atomic mass is 9.73. The average molecular weight is 299 g/mol. The first-order valence-corrected chi connectivity index (χ1v) is 7.38. The fourth-order valence-electron chi connectivity index (χ4n) is 4.06. The second kappa shape index (κ2) is 4.06. The number of carbonyl (C=O) groups is 2. The number of benzene rings is 1. The molecule has 0 saturated carbocycles. The smallest absolute Gasteiger partial charge is 0.241 e. The predicted molar refractivity (Wildman–Crippen MR) is 79.1 cm³/mol. The molecule has 5 nitrogen and oxygen atoms in total. The van der Waals surface area contributed by atoms with Crippen molar-refractivity contribution in [3.05, 3.63) is 42.0 Å². The molecular weight excluding hydrogens is 282 g/mol. The number of hydrogen-bond acceptors (Lipinski definition) is 4. The normalized spacial score (nSPS) is 39.0. The van der Waals surface area contributed by atoms with Crippen molar-refractivity contribution < 1.29 is 19.4 Å². The van der Waals surface area contributed by atoms with Crippen molar-refractivity contribution in [2.24, 2.45) is 11.8 Å². The molecule has 0 spiro atoms. The zero-order chi connectivity index (χ0) is 15.7. The van der Waals surface area contributed by atoms with Crippen molar-refractivity contribution in [1.82, 2.24) is 0 Å². The Morgan fingerprint density at radius 2 is 1.95 bits per heavy atom. The van der Waals surface area contributed by atoms with Gasteiger partial charge in [-0.2, -0.15) is 0 Å². The van der Waals surface area contributed by atoms with Gasteiger partial charge in [0.05, 0.1) is 29.7 Å². The van der Waals surface area contributed by atoms with Crippen molar-refractivity contribution in [1.29, 1.82) is 0 Å². The number of aryl methyl sites for hydroxylation is 1. The van der Waals surface area contributed by atoms with E-state index >= 15 is 0 Å². The molecule has 114 valence electrons. The summed E-state index contributed by atoms with van der Waals surface area (Å²) in [5.41, 5.74) is -0.320. The maximum Gasteiger partial charge on any atom is 0.241 e. The average Bonchev–Trinajstić information content (AvgIpc) is 3.05. The maximum atomic E-state index is 12.9. The SMILES string of the molecule is Cc1cccc(N2C(=O)[C@@H]3[C@H](C2=O)[C@@]2(CO)C=C[C@]3(C)O2)c1. The van der Waals surface area contributed by atoms with Gasteiger partial charge in [0.2, 0.25) is 11.8 Å². The number of ether oxygens (including phenoxy) is 1. The van der Waals surface area contributed by atoms with E-state index in [1.165, 1.54) is 4.90 Å². The van der Waals surface area contributed by atoms with Gasteiger partial charge >= 0.3 is 0 Å². The molecule has 3 aliphatic heterocycles. The van der Waals surface area contributed by atoms with Crippen molar-refractivity contribution in [2.45, 2.75) is 25.0 Å². The summed E-state index contributed by atoms with van der Waals surface area (Å²) in [7, 11) is 0. The Balaban J connectivity index is 1.82. The van der Waals surface area contributed by atoms with Crippen LogP contribution in [0.25, 0.3) is 0 Å². The van der Waals surface area contributed by atoms with Crippen LogP contribution in [0.2, 0.25) is 0 Å². The van der Waals surface area contributed by atoms with Crippen LogP contribution >= 0.6 is 0 Å². The number of carbonyl (C=O) groups excluding carboxylic acids is 2. The van der Waals surface area contributed by atoms with Gasteiger partial charge in [0.1, 0.15) is 5.60 Å². The zero-order valence-corrected chi connectivity index (χ0v) is 12.4. The molecule has 0 aliphatic carbocycles. The van der Waals surface area contributed by atoms with Crippen LogP contribution < -0.4 is 4.90 Å². The lowest BCUT2D eigenvalue weighted by molar-refractivity contribution is -0.131. The Hall–Kier alpha value is -1.98. The van der Waals surface area contributed by atoms with E-state index in [-0.39, 0.29) is 18.4 Å². The molecular formula is C17H17NO4. The molecule has 3 aliphatic rings. The number of nitrogens with zero attached hydrogens (tertiary/aromatic N) is 1. The van der Waals surface area contributed by atoms with E-state index in [0.29, 0.717) is 5.69 Å². The van der Waals surface area contributed by atoms with E-state index in [9.17, 15) is 14.7 Å². The first kappa shape index (κ1) is 13.7. The van der Waals surface area contributed by atoms with Crippen LogP contribution in [0.15, 0.2) is 36.4 Å². The number of hydrogen-bond donors (Lipinski definition) is 1. The Bertz CT molecular complexity index is 727. The third kappa shape index (κ3) is 1.45. The van der Waals surface area contributed by atoms with Crippen molar-refractivity contribution >= 4 is 17.5 Å². The molecule has 1 N–H and O–H groups in total. The van der Waals surface area contributed by atoms with E-state index < -0.39 is 23.0 Å². The molecule has 0 aromatic heterocycles. The molecule has 2 saturated heterocycles. The van der Waals surface area contributed by atoms with Gasteiger partial charge in [-0.05, 0) is 31.5 Å². The molecule has 2 amide bonds. The minimum atomic E-state index is -1.06. The third-order valence-corrected chi connectivity index (χ3v) is 5.06. The predicted octanol–water partition coefficient (Wildman–Crippen LogP) is 1.19. The number of anilines is 1. The fraction of sp³-hybridized carbons (Fsp3) is 0.412. The molecule has 2 bridgehead atoms. The van der Waals surface area contributed by atoms with Crippen LogP contribution in [0, 0.1) is 18.8 Å². The van der Waals surface area contributed by atoms with Gasteiger partial charge < -0.3 is 9.84 Å². The number of aliphatic hydroxyl groups is 1. The van der Waals surface area contributed by atoms with Crippen LogP contribution in [0.5, 0.6) is 0 Å². The van der Waals surface area contributed by atoms with E-state index in [2.05, 4.69) is 0 Å². The summed E-state index contributed by atoms with van der Waals surface area (Å²) in [5, 5.41) is 9.75. The monoisotopic (exact) mass is 299 g/mol. The van der Waals surface area contributed by atoms with Gasteiger partial charge in [-0.1, -0.05) is 24.3 Å². The Morgan fingerprint density at radius 3 is 2.64 bits per heavy atom. The molecule has 3 heterocycles. The fourth-order valence-corrected chi connectivity index (χ4v) is 4.06. The van der Waals surface area contributed by atoms with Crippen LogP contribution in [-0.4, -0.2) is 34.7 Å². The van der Waals surface area contributed by atoms with Crippen molar-refractivity contribution in [2.75, 3.05) is 11.5 Å². The molecule has 4 rings (SSSR count). The van der Waals surface area contributed by atoms with E-state index in [1.54, 1.807) is 25.1 Å². The largest absolute Gasteiger partial charge is 0.393 e. The number of fused-ring (bicyclic) bond motifs is 5. The summed E-state index contributed by atoms with van der Waals surface area (Å²) in [6.07, 6.45) is 3.54. The number of imide groups is 1. The zero-order valence-electron chi connectivity index (χ0n) is 12.4. The Morgan fingerprint density at radius 1 is 1.23 bits per heavy atom. The summed E-state index contributed by atoms with van der Waals surface area (Å²) >= 11 is 0. The lowest BCUT2D eigenvalue weighted by Crippen LogP contribution is -2.43. The molecule has 1 aromatic carbocycles. The van der Waals surface area contributed by atoms with E-state index in [4.69, 9.17) is 4.74 Å². The van der Waals surface area contributed by atoms with Crippen molar-refractivity contribution in [3.8, 4) is 0 Å². The summed E-state index contributed by atoms with van der Waals surface area (Å²) in [6, 6.07) is 7.32. The topological polar surface area (TPSA) is 66.8 Å². The molecule has 0 radical (unpaired) electrons. The molecule has 5 heteroatoms.